The van der Waals surface area contributed by atoms with E-state index in [1.807, 2.05) is 37.3 Å². The predicted octanol–water partition coefficient (Wildman–Crippen LogP) is 0.896. The van der Waals surface area contributed by atoms with Gasteiger partial charge in [0.2, 0.25) is 5.91 Å². The van der Waals surface area contributed by atoms with Gasteiger partial charge < -0.3 is 10.4 Å². The zero-order chi connectivity index (χ0) is 15.2. The van der Waals surface area contributed by atoms with E-state index in [2.05, 4.69) is 15.6 Å². The molecule has 7 nitrogen and oxygen atoms in total. The van der Waals surface area contributed by atoms with Crippen molar-refractivity contribution in [2.24, 2.45) is 0 Å². The van der Waals surface area contributed by atoms with E-state index in [0.29, 0.717) is 6.54 Å². The molecule has 2 N–H and O–H groups in total. The van der Waals surface area contributed by atoms with Gasteiger partial charge in [-0.05, 0) is 11.5 Å². The van der Waals surface area contributed by atoms with E-state index in [-0.39, 0.29) is 24.1 Å². The van der Waals surface area contributed by atoms with E-state index >= 15 is 0 Å². The van der Waals surface area contributed by atoms with Gasteiger partial charge in [-0.1, -0.05) is 42.5 Å². The molecule has 21 heavy (non-hydrogen) atoms. The molecule has 1 aromatic carbocycles. The van der Waals surface area contributed by atoms with E-state index in [1.54, 1.807) is 0 Å². The molecule has 0 fully saturated rings. The number of benzene rings is 1. The van der Waals surface area contributed by atoms with Crippen molar-refractivity contribution >= 4 is 11.9 Å². The van der Waals surface area contributed by atoms with Crippen molar-refractivity contribution in [3.63, 3.8) is 0 Å². The minimum absolute atomic E-state index is 0.0538. The van der Waals surface area contributed by atoms with Gasteiger partial charge in [0.25, 0.3) is 0 Å². The Kier molecular flexibility index (Phi) is 4.65. The minimum Gasteiger partial charge on any atom is -0.476 e. The summed E-state index contributed by atoms with van der Waals surface area (Å²) in [6, 6.07) is 9.87. The molecule has 7 heteroatoms. The lowest BCUT2D eigenvalue weighted by Gasteiger charge is -2.12. The number of hydrogen-bond donors (Lipinski definition) is 2. The predicted molar refractivity (Wildman–Crippen MR) is 74.8 cm³/mol. The topological polar surface area (TPSA) is 97.1 Å². The summed E-state index contributed by atoms with van der Waals surface area (Å²) in [6.07, 6.45) is 1.22. The van der Waals surface area contributed by atoms with Crippen molar-refractivity contribution in [1.29, 1.82) is 0 Å². The van der Waals surface area contributed by atoms with Gasteiger partial charge in [-0.15, -0.1) is 5.10 Å². The maximum Gasteiger partial charge on any atom is 0.358 e. The number of carbonyl (C=O) groups is 2. The molecule has 1 atom stereocenters. The molecule has 2 rings (SSSR count). The molecule has 1 heterocycles. The molecule has 1 amide bonds. The van der Waals surface area contributed by atoms with Gasteiger partial charge in [-0.3, -0.25) is 4.79 Å². The van der Waals surface area contributed by atoms with Gasteiger partial charge in [0.05, 0.1) is 6.20 Å². The zero-order valence-electron chi connectivity index (χ0n) is 11.6. The molecule has 0 spiro atoms. The van der Waals surface area contributed by atoms with Crippen LogP contribution in [0.2, 0.25) is 0 Å². The van der Waals surface area contributed by atoms with Gasteiger partial charge in [-0.2, -0.15) is 0 Å². The van der Waals surface area contributed by atoms with Gasteiger partial charge in [-0.25, -0.2) is 9.48 Å². The second-order valence-corrected chi connectivity index (χ2v) is 4.72. The SMILES string of the molecule is CC(CNC(=O)Cn1cc(C(=O)O)nn1)c1ccccc1. The Morgan fingerprint density at radius 3 is 2.67 bits per heavy atom. The largest absolute Gasteiger partial charge is 0.476 e. The Bertz CT molecular complexity index is 624. The molecule has 0 saturated carbocycles. The summed E-state index contributed by atoms with van der Waals surface area (Å²) in [7, 11) is 0. The Morgan fingerprint density at radius 1 is 1.33 bits per heavy atom. The third-order valence-electron chi connectivity index (χ3n) is 3.04. The summed E-state index contributed by atoms with van der Waals surface area (Å²) in [5.41, 5.74) is 0.965. The molecule has 0 aliphatic rings. The summed E-state index contributed by atoms with van der Waals surface area (Å²) in [6.45, 7) is 2.47. The lowest BCUT2D eigenvalue weighted by molar-refractivity contribution is -0.121. The van der Waals surface area contributed by atoms with Crippen molar-refractivity contribution in [1.82, 2.24) is 20.3 Å². The minimum atomic E-state index is -1.17. The smallest absolute Gasteiger partial charge is 0.358 e. The van der Waals surface area contributed by atoms with Crippen LogP contribution in [0.15, 0.2) is 36.5 Å². The first kappa shape index (κ1) is 14.7. The van der Waals surface area contributed by atoms with Crippen molar-refractivity contribution in [2.75, 3.05) is 6.54 Å². The molecule has 0 aliphatic carbocycles. The van der Waals surface area contributed by atoms with Crippen LogP contribution in [0.4, 0.5) is 0 Å². The number of hydrogen-bond acceptors (Lipinski definition) is 4. The van der Waals surface area contributed by atoms with Crippen LogP contribution < -0.4 is 5.32 Å². The first-order valence-corrected chi connectivity index (χ1v) is 6.51. The Morgan fingerprint density at radius 2 is 2.05 bits per heavy atom. The molecule has 2 aromatic rings. The Labute approximate surface area is 121 Å². The van der Waals surface area contributed by atoms with Gasteiger partial charge in [0.1, 0.15) is 6.54 Å². The molecular formula is C14H16N4O3. The van der Waals surface area contributed by atoms with Crippen LogP contribution in [0.25, 0.3) is 0 Å². The number of rotatable bonds is 6. The fourth-order valence-electron chi connectivity index (χ4n) is 1.84. The second-order valence-electron chi connectivity index (χ2n) is 4.72. The highest BCUT2D eigenvalue weighted by Gasteiger charge is 2.11. The average molecular weight is 288 g/mol. The number of aromatic nitrogens is 3. The van der Waals surface area contributed by atoms with Gasteiger partial charge >= 0.3 is 5.97 Å². The fraction of sp³-hybridized carbons (Fsp3) is 0.286. The lowest BCUT2D eigenvalue weighted by atomic mass is 10.0. The van der Waals surface area contributed by atoms with Crippen molar-refractivity contribution in [3.05, 3.63) is 47.8 Å². The maximum atomic E-state index is 11.8. The number of carboxylic acids is 1. The molecule has 0 aliphatic heterocycles. The summed E-state index contributed by atoms with van der Waals surface area (Å²) >= 11 is 0. The normalized spacial score (nSPS) is 11.9. The summed E-state index contributed by atoms with van der Waals surface area (Å²) in [4.78, 5) is 22.4. The highest BCUT2D eigenvalue weighted by Crippen LogP contribution is 2.12. The standard InChI is InChI=1S/C14H16N4O3/c1-10(11-5-3-2-4-6-11)7-15-13(19)9-18-8-12(14(20)21)16-17-18/h2-6,8,10H,7,9H2,1H3,(H,15,19)(H,20,21). The van der Waals surface area contributed by atoms with Gasteiger partial charge in [0.15, 0.2) is 5.69 Å². The number of aromatic carboxylic acids is 1. The average Bonchev–Trinajstić information content (AvgIpc) is 2.94. The summed E-state index contributed by atoms with van der Waals surface area (Å²) < 4.78 is 1.20. The summed E-state index contributed by atoms with van der Waals surface area (Å²) in [5.74, 6) is -1.21. The van der Waals surface area contributed by atoms with Crippen LogP contribution >= 0.6 is 0 Å². The third kappa shape index (κ3) is 4.13. The molecular weight excluding hydrogens is 272 g/mol. The summed E-state index contributed by atoms with van der Waals surface area (Å²) in [5, 5.41) is 18.5. The van der Waals surface area contributed by atoms with Crippen LogP contribution in [0.5, 0.6) is 0 Å². The van der Waals surface area contributed by atoms with E-state index in [4.69, 9.17) is 5.11 Å². The Hall–Kier alpha value is -2.70. The van der Waals surface area contributed by atoms with Crippen LogP contribution in [-0.2, 0) is 11.3 Å². The molecule has 0 bridgehead atoms. The number of amides is 1. The van der Waals surface area contributed by atoms with Gasteiger partial charge in [0, 0.05) is 6.54 Å². The van der Waals surface area contributed by atoms with Crippen LogP contribution in [0, 0.1) is 0 Å². The number of carbonyl (C=O) groups excluding carboxylic acids is 1. The van der Waals surface area contributed by atoms with E-state index in [1.165, 1.54) is 10.9 Å². The monoisotopic (exact) mass is 288 g/mol. The first-order chi connectivity index (χ1) is 10.1. The zero-order valence-corrected chi connectivity index (χ0v) is 11.6. The fourth-order valence-corrected chi connectivity index (χ4v) is 1.84. The number of nitrogens with zero attached hydrogens (tertiary/aromatic N) is 3. The van der Waals surface area contributed by atoms with Crippen molar-refractivity contribution in [2.45, 2.75) is 19.4 Å². The molecule has 0 saturated heterocycles. The maximum absolute atomic E-state index is 11.8. The third-order valence-corrected chi connectivity index (χ3v) is 3.04. The number of nitrogens with one attached hydrogen (secondary N) is 1. The second kappa shape index (κ2) is 6.65. The van der Waals surface area contributed by atoms with E-state index < -0.39 is 5.97 Å². The van der Waals surface area contributed by atoms with E-state index in [9.17, 15) is 9.59 Å². The van der Waals surface area contributed by atoms with Crippen LogP contribution in [-0.4, -0.2) is 38.5 Å². The Balaban J connectivity index is 1.83. The lowest BCUT2D eigenvalue weighted by Crippen LogP contribution is -2.30. The molecule has 1 unspecified atom stereocenters. The highest BCUT2D eigenvalue weighted by atomic mass is 16.4. The van der Waals surface area contributed by atoms with Crippen molar-refractivity contribution < 1.29 is 14.7 Å². The number of carboxylic acid groups (broad SMARTS) is 1. The molecule has 110 valence electrons. The quantitative estimate of drug-likeness (QED) is 0.823. The first-order valence-electron chi connectivity index (χ1n) is 6.51. The van der Waals surface area contributed by atoms with Crippen LogP contribution in [0.3, 0.4) is 0 Å². The van der Waals surface area contributed by atoms with E-state index in [0.717, 1.165) is 5.56 Å². The molecule has 1 aromatic heterocycles. The van der Waals surface area contributed by atoms with Crippen LogP contribution in [0.1, 0.15) is 28.9 Å². The van der Waals surface area contributed by atoms with Crippen molar-refractivity contribution in [3.8, 4) is 0 Å². The molecule has 0 radical (unpaired) electrons. The highest BCUT2D eigenvalue weighted by molar-refractivity contribution is 5.84.